The normalized spacial score (nSPS) is 24.8. The number of fused-ring (bicyclic) bond motifs is 2. The van der Waals surface area contributed by atoms with E-state index in [1.807, 2.05) is 18.2 Å². The van der Waals surface area contributed by atoms with Gasteiger partial charge in [-0.1, -0.05) is 6.42 Å². The highest BCUT2D eigenvalue weighted by Crippen LogP contribution is 2.44. The van der Waals surface area contributed by atoms with Gasteiger partial charge in [-0.3, -0.25) is 9.69 Å². The molecular formula is C25H34N6O2. The molecule has 176 valence electrons. The first-order valence-electron chi connectivity index (χ1n) is 12.2. The third kappa shape index (κ3) is 5.45. The van der Waals surface area contributed by atoms with Gasteiger partial charge in [0.1, 0.15) is 0 Å². The Morgan fingerprint density at radius 3 is 2.58 bits per heavy atom. The van der Waals surface area contributed by atoms with E-state index in [1.54, 1.807) is 6.20 Å². The highest BCUT2D eigenvalue weighted by Gasteiger charge is 2.40. The number of rotatable bonds is 8. The van der Waals surface area contributed by atoms with E-state index in [9.17, 15) is 4.79 Å². The molecule has 2 saturated carbocycles. The zero-order valence-electron chi connectivity index (χ0n) is 19.1. The third-order valence-electron chi connectivity index (χ3n) is 7.42. The summed E-state index contributed by atoms with van der Waals surface area (Å²) >= 11 is 0. The van der Waals surface area contributed by atoms with Gasteiger partial charge in [-0.2, -0.15) is 0 Å². The number of amides is 1. The fourth-order valence-electron chi connectivity index (χ4n) is 5.65. The van der Waals surface area contributed by atoms with Crippen LogP contribution in [-0.2, 0) is 11.2 Å². The molecule has 0 radical (unpaired) electrons. The van der Waals surface area contributed by atoms with Crippen LogP contribution in [0, 0.1) is 11.8 Å². The molecule has 1 saturated heterocycles. The first-order chi connectivity index (χ1) is 16.2. The van der Waals surface area contributed by atoms with Gasteiger partial charge >= 0.3 is 0 Å². The van der Waals surface area contributed by atoms with E-state index in [0.29, 0.717) is 17.9 Å². The van der Waals surface area contributed by atoms with E-state index < -0.39 is 0 Å². The average molecular weight is 451 g/mol. The van der Waals surface area contributed by atoms with Crippen LogP contribution in [0.5, 0.6) is 0 Å². The molecule has 3 atom stereocenters. The van der Waals surface area contributed by atoms with Gasteiger partial charge in [-0.15, -0.1) is 0 Å². The zero-order valence-corrected chi connectivity index (χ0v) is 19.1. The molecule has 8 nitrogen and oxygen atoms in total. The van der Waals surface area contributed by atoms with Crippen molar-refractivity contribution in [1.29, 1.82) is 0 Å². The summed E-state index contributed by atoms with van der Waals surface area (Å²) in [6, 6.07) is 10.4. The number of β-amino-alcohol motifs (C(OH)–C–C–N with tert-alkyl or cyclic N) is 1. The van der Waals surface area contributed by atoms with Crippen LogP contribution < -0.4 is 15.5 Å². The molecular weight excluding hydrogens is 416 g/mol. The van der Waals surface area contributed by atoms with Crippen molar-refractivity contribution in [3.8, 4) is 0 Å². The molecule has 2 aliphatic carbocycles. The predicted octanol–water partition coefficient (Wildman–Crippen LogP) is 2.18. The number of anilines is 3. The molecule has 0 spiro atoms. The number of hydrogen-bond donors (Lipinski definition) is 3. The van der Waals surface area contributed by atoms with Crippen molar-refractivity contribution >= 4 is 23.2 Å². The Morgan fingerprint density at radius 1 is 1.06 bits per heavy atom. The number of carbonyl (C=O) groups is 1. The van der Waals surface area contributed by atoms with E-state index in [0.717, 1.165) is 56.4 Å². The van der Waals surface area contributed by atoms with Gasteiger partial charge in [-0.25, -0.2) is 9.97 Å². The minimum Gasteiger partial charge on any atom is -0.395 e. The Hall–Kier alpha value is -2.71. The lowest BCUT2D eigenvalue weighted by Crippen LogP contribution is -2.47. The topological polar surface area (TPSA) is 93.6 Å². The summed E-state index contributed by atoms with van der Waals surface area (Å²) in [6.07, 6.45) is 7.00. The molecule has 3 fully saturated rings. The number of piperazine rings is 1. The lowest BCUT2D eigenvalue weighted by atomic mass is 9.95. The van der Waals surface area contributed by atoms with Gasteiger partial charge in [0.05, 0.1) is 18.7 Å². The van der Waals surface area contributed by atoms with Gasteiger partial charge in [0.2, 0.25) is 11.9 Å². The second-order valence-electron chi connectivity index (χ2n) is 9.62. The summed E-state index contributed by atoms with van der Waals surface area (Å²) in [7, 11) is 0. The number of aliphatic hydroxyl groups excluding tert-OH is 1. The van der Waals surface area contributed by atoms with Crippen molar-refractivity contribution in [2.45, 2.75) is 38.1 Å². The summed E-state index contributed by atoms with van der Waals surface area (Å²) in [6.45, 7) is 4.83. The largest absolute Gasteiger partial charge is 0.395 e. The van der Waals surface area contributed by atoms with Crippen LogP contribution in [-0.4, -0.2) is 71.3 Å². The van der Waals surface area contributed by atoms with Gasteiger partial charge in [0.25, 0.3) is 0 Å². The Kier molecular flexibility index (Phi) is 6.73. The quantitative estimate of drug-likeness (QED) is 0.568. The Morgan fingerprint density at radius 2 is 1.88 bits per heavy atom. The Labute approximate surface area is 195 Å². The smallest absolute Gasteiger partial charge is 0.227 e. The van der Waals surface area contributed by atoms with Gasteiger partial charge in [-0.05, 0) is 61.4 Å². The summed E-state index contributed by atoms with van der Waals surface area (Å²) in [5, 5.41) is 15.6. The predicted molar refractivity (Wildman–Crippen MR) is 129 cm³/mol. The minimum absolute atomic E-state index is 0.0561. The van der Waals surface area contributed by atoms with E-state index in [-0.39, 0.29) is 18.9 Å². The molecule has 1 aromatic heterocycles. The van der Waals surface area contributed by atoms with Crippen molar-refractivity contribution < 1.29 is 9.90 Å². The van der Waals surface area contributed by atoms with Gasteiger partial charge in [0, 0.05) is 56.3 Å². The highest BCUT2D eigenvalue weighted by atomic mass is 16.3. The number of hydrogen-bond acceptors (Lipinski definition) is 7. The van der Waals surface area contributed by atoms with E-state index in [4.69, 9.17) is 5.11 Å². The molecule has 3 aliphatic rings. The van der Waals surface area contributed by atoms with Crippen LogP contribution in [0.1, 0.15) is 31.4 Å². The van der Waals surface area contributed by atoms with E-state index in [2.05, 4.69) is 42.5 Å². The van der Waals surface area contributed by atoms with Crippen LogP contribution in [0.4, 0.5) is 17.3 Å². The Balaban J connectivity index is 1.13. The molecule has 3 N–H and O–H groups in total. The fourth-order valence-corrected chi connectivity index (χ4v) is 5.65. The standard InChI is InChI=1S/C25H34N6O2/c32-14-13-30-9-11-31(12-10-30)22-5-3-20(4-6-22)27-25-26-8-7-21(28-25)17-24(33)29-23-16-18-1-2-19(23)15-18/h3-8,18-19,23,32H,1-2,9-17H2,(H,29,33)(H,26,27,28). The molecule has 2 aromatic rings. The minimum atomic E-state index is 0.0561. The summed E-state index contributed by atoms with van der Waals surface area (Å²) < 4.78 is 0. The molecule has 3 unspecified atom stereocenters. The molecule has 5 rings (SSSR count). The molecule has 1 amide bonds. The summed E-state index contributed by atoms with van der Waals surface area (Å²) in [5.41, 5.74) is 2.84. The maximum absolute atomic E-state index is 12.5. The lowest BCUT2D eigenvalue weighted by Gasteiger charge is -2.35. The van der Waals surface area contributed by atoms with E-state index in [1.165, 1.54) is 24.9 Å². The number of nitrogens with one attached hydrogen (secondary N) is 2. The number of nitrogens with zero attached hydrogens (tertiary/aromatic N) is 4. The zero-order chi connectivity index (χ0) is 22.6. The number of aromatic nitrogens is 2. The van der Waals surface area contributed by atoms with Crippen molar-refractivity contribution in [1.82, 2.24) is 20.2 Å². The fraction of sp³-hybridized carbons (Fsp3) is 0.560. The summed E-state index contributed by atoms with van der Waals surface area (Å²) in [4.78, 5) is 26.1. The molecule has 8 heteroatoms. The van der Waals surface area contributed by atoms with Gasteiger partial charge < -0.3 is 20.6 Å². The van der Waals surface area contributed by atoms with Crippen molar-refractivity contribution in [3.63, 3.8) is 0 Å². The number of carbonyl (C=O) groups excluding carboxylic acids is 1. The second kappa shape index (κ2) is 10.1. The SMILES string of the molecule is O=C(Cc1ccnc(Nc2ccc(N3CCN(CCO)CC3)cc2)n1)NC1CC2CCC1C2. The van der Waals surface area contributed by atoms with Gasteiger partial charge in [0.15, 0.2) is 0 Å². The van der Waals surface area contributed by atoms with Crippen LogP contribution >= 0.6 is 0 Å². The van der Waals surface area contributed by atoms with Crippen LogP contribution in [0.3, 0.4) is 0 Å². The highest BCUT2D eigenvalue weighted by molar-refractivity contribution is 5.78. The monoisotopic (exact) mass is 450 g/mol. The maximum Gasteiger partial charge on any atom is 0.227 e. The third-order valence-corrected chi connectivity index (χ3v) is 7.42. The van der Waals surface area contributed by atoms with Crippen LogP contribution in [0.25, 0.3) is 0 Å². The molecule has 1 aromatic carbocycles. The van der Waals surface area contributed by atoms with E-state index >= 15 is 0 Å². The van der Waals surface area contributed by atoms with Crippen LogP contribution in [0.2, 0.25) is 0 Å². The average Bonchev–Trinajstić information content (AvgIpc) is 3.44. The molecule has 33 heavy (non-hydrogen) atoms. The first-order valence-corrected chi connectivity index (χ1v) is 12.2. The van der Waals surface area contributed by atoms with Crippen molar-refractivity contribution in [3.05, 3.63) is 42.2 Å². The summed E-state index contributed by atoms with van der Waals surface area (Å²) in [5.74, 6) is 2.05. The molecule has 2 bridgehead atoms. The van der Waals surface area contributed by atoms with Crippen molar-refractivity contribution in [2.24, 2.45) is 11.8 Å². The lowest BCUT2D eigenvalue weighted by molar-refractivity contribution is -0.121. The van der Waals surface area contributed by atoms with Crippen LogP contribution in [0.15, 0.2) is 36.5 Å². The maximum atomic E-state index is 12.5. The number of aliphatic hydroxyl groups is 1. The second-order valence-corrected chi connectivity index (χ2v) is 9.62. The Bertz CT molecular complexity index is 944. The number of benzene rings is 1. The molecule has 2 heterocycles. The first kappa shape index (κ1) is 22.1. The molecule has 1 aliphatic heterocycles. The van der Waals surface area contributed by atoms with Crippen molar-refractivity contribution in [2.75, 3.05) is 49.5 Å².